The molecule has 0 unspecified atom stereocenters. The Labute approximate surface area is 157 Å². The van der Waals surface area contributed by atoms with Crippen LogP contribution in [-0.2, 0) is 17.9 Å². The van der Waals surface area contributed by atoms with Crippen molar-refractivity contribution in [3.8, 4) is 0 Å². The van der Waals surface area contributed by atoms with Crippen LogP contribution in [-0.4, -0.2) is 40.5 Å². The van der Waals surface area contributed by atoms with Gasteiger partial charge in [-0.2, -0.15) is 0 Å². The van der Waals surface area contributed by atoms with Gasteiger partial charge >= 0.3 is 0 Å². The van der Waals surface area contributed by atoms with E-state index in [1.807, 2.05) is 23.7 Å². The monoisotopic (exact) mass is 374 g/mol. The average molecular weight is 374 g/mol. The average Bonchev–Trinajstić information content (AvgIpc) is 2.92. The molecule has 0 fully saturated rings. The predicted octanol–water partition coefficient (Wildman–Crippen LogP) is 1.09. The fourth-order valence-electron chi connectivity index (χ4n) is 3.42. The van der Waals surface area contributed by atoms with Crippen molar-refractivity contribution in [3.63, 3.8) is 0 Å². The Hall–Kier alpha value is -2.94. The summed E-state index contributed by atoms with van der Waals surface area (Å²) in [6.07, 6.45) is 2.73. The summed E-state index contributed by atoms with van der Waals surface area (Å²) < 4.78 is 3.49. The van der Waals surface area contributed by atoms with E-state index in [0.717, 1.165) is 36.9 Å². The molecular weight excluding hydrogens is 348 g/mol. The third-order valence-electron chi connectivity index (χ3n) is 4.78. The molecule has 0 radical (unpaired) electrons. The van der Waals surface area contributed by atoms with Gasteiger partial charge in [-0.15, -0.1) is 0 Å². The predicted molar refractivity (Wildman–Crippen MR) is 107 cm³/mol. The van der Waals surface area contributed by atoms with Crippen molar-refractivity contribution in [1.82, 2.24) is 9.36 Å². The van der Waals surface area contributed by atoms with Crippen molar-refractivity contribution in [2.24, 2.45) is 0 Å². The molecular formula is C18H26N6O3. The van der Waals surface area contributed by atoms with E-state index in [1.54, 1.807) is 4.68 Å². The van der Waals surface area contributed by atoms with Gasteiger partial charge < -0.3 is 31.6 Å². The van der Waals surface area contributed by atoms with E-state index in [4.69, 9.17) is 10.8 Å². The van der Waals surface area contributed by atoms with Gasteiger partial charge in [0.15, 0.2) is 0 Å². The van der Waals surface area contributed by atoms with Gasteiger partial charge in [0.1, 0.15) is 17.8 Å². The summed E-state index contributed by atoms with van der Waals surface area (Å²) in [4.78, 5) is 23.6. The number of rotatable bonds is 8. The van der Waals surface area contributed by atoms with E-state index < -0.39 is 0 Å². The first-order valence-corrected chi connectivity index (χ1v) is 9.10. The van der Waals surface area contributed by atoms with Crippen LogP contribution >= 0.6 is 0 Å². The standard InChI is InChI=1S/C18H26N6O3/c1-12-13(20-6-10-25)4-5-14(15(12)21-7-11-26)22-16-17(19)23-8-2-3-9-24(23)18(16)27/h4-5,11,20-22,25H,2-3,6-10,19H2,1H3. The van der Waals surface area contributed by atoms with E-state index in [1.165, 1.54) is 0 Å². The van der Waals surface area contributed by atoms with Crippen molar-refractivity contribution in [2.45, 2.75) is 32.9 Å². The van der Waals surface area contributed by atoms with Crippen LogP contribution in [0, 0.1) is 6.92 Å². The molecule has 6 N–H and O–H groups in total. The van der Waals surface area contributed by atoms with Gasteiger partial charge in [0, 0.05) is 25.3 Å². The van der Waals surface area contributed by atoms with Gasteiger partial charge in [0.25, 0.3) is 5.56 Å². The molecule has 146 valence electrons. The molecule has 1 aliphatic rings. The Morgan fingerprint density at radius 2 is 1.85 bits per heavy atom. The number of carbonyl (C=O) groups is 1. The molecule has 3 rings (SSSR count). The highest BCUT2D eigenvalue weighted by Gasteiger charge is 2.21. The quantitative estimate of drug-likeness (QED) is 0.438. The van der Waals surface area contributed by atoms with Crippen molar-refractivity contribution in [1.29, 1.82) is 0 Å². The number of carbonyl (C=O) groups excluding carboxylic acids is 1. The van der Waals surface area contributed by atoms with Crippen molar-refractivity contribution < 1.29 is 9.90 Å². The van der Waals surface area contributed by atoms with Crippen molar-refractivity contribution >= 4 is 34.9 Å². The summed E-state index contributed by atoms with van der Waals surface area (Å²) in [7, 11) is 0. The number of aromatic nitrogens is 2. The van der Waals surface area contributed by atoms with Crippen LogP contribution in [0.5, 0.6) is 0 Å². The molecule has 2 heterocycles. The summed E-state index contributed by atoms with van der Waals surface area (Å²) in [5.41, 5.74) is 9.50. The highest BCUT2D eigenvalue weighted by atomic mass is 16.3. The number of nitrogens with two attached hydrogens (primary N) is 1. The molecule has 0 atom stereocenters. The van der Waals surface area contributed by atoms with Crippen LogP contribution < -0.4 is 27.2 Å². The van der Waals surface area contributed by atoms with Gasteiger partial charge in [-0.3, -0.25) is 9.48 Å². The van der Waals surface area contributed by atoms with E-state index in [-0.39, 0.29) is 18.7 Å². The van der Waals surface area contributed by atoms with Crippen LogP contribution in [0.25, 0.3) is 0 Å². The number of nitrogens with zero attached hydrogens (tertiary/aromatic N) is 2. The largest absolute Gasteiger partial charge is 0.395 e. The highest BCUT2D eigenvalue weighted by Crippen LogP contribution is 2.34. The zero-order valence-corrected chi connectivity index (χ0v) is 15.4. The highest BCUT2D eigenvalue weighted by molar-refractivity contribution is 5.85. The van der Waals surface area contributed by atoms with Crippen molar-refractivity contribution in [2.75, 3.05) is 41.4 Å². The molecule has 1 aliphatic heterocycles. The van der Waals surface area contributed by atoms with Crippen LogP contribution in [0.15, 0.2) is 16.9 Å². The zero-order valence-electron chi connectivity index (χ0n) is 15.4. The van der Waals surface area contributed by atoms with Crippen LogP contribution in [0.1, 0.15) is 18.4 Å². The first-order chi connectivity index (χ1) is 13.1. The number of benzene rings is 1. The summed E-state index contributed by atoms with van der Waals surface area (Å²) in [5.74, 6) is 0.418. The number of aldehydes is 1. The number of anilines is 5. The lowest BCUT2D eigenvalue weighted by molar-refractivity contribution is -0.106. The van der Waals surface area contributed by atoms with Gasteiger partial charge in [-0.25, -0.2) is 4.68 Å². The molecule has 27 heavy (non-hydrogen) atoms. The SMILES string of the molecule is Cc1c(NCCO)ccc(Nc2c(N)n3n(c2=O)CCCC3)c1NCC=O. The lowest BCUT2D eigenvalue weighted by Gasteiger charge is -2.19. The fourth-order valence-corrected chi connectivity index (χ4v) is 3.42. The van der Waals surface area contributed by atoms with E-state index in [2.05, 4.69) is 16.0 Å². The Morgan fingerprint density at radius 1 is 1.15 bits per heavy atom. The summed E-state index contributed by atoms with van der Waals surface area (Å²) in [5, 5.41) is 18.4. The molecule has 9 nitrogen and oxygen atoms in total. The van der Waals surface area contributed by atoms with Crippen LogP contribution in [0.4, 0.5) is 28.6 Å². The molecule has 0 saturated carbocycles. The molecule has 0 aliphatic carbocycles. The minimum absolute atomic E-state index is 0.0140. The maximum atomic E-state index is 12.7. The molecule has 1 aromatic heterocycles. The van der Waals surface area contributed by atoms with Gasteiger partial charge in [-0.1, -0.05) is 0 Å². The van der Waals surface area contributed by atoms with Gasteiger partial charge in [-0.05, 0) is 37.5 Å². The maximum Gasteiger partial charge on any atom is 0.292 e. The minimum atomic E-state index is -0.145. The Bertz CT molecular complexity index is 886. The third-order valence-corrected chi connectivity index (χ3v) is 4.78. The molecule has 0 spiro atoms. The molecule has 9 heteroatoms. The molecule has 0 saturated heterocycles. The summed E-state index contributed by atoms with van der Waals surface area (Å²) in [6, 6.07) is 3.68. The number of aliphatic hydroxyl groups is 1. The van der Waals surface area contributed by atoms with Crippen molar-refractivity contribution in [3.05, 3.63) is 28.0 Å². The number of hydrogen-bond acceptors (Lipinski definition) is 7. The van der Waals surface area contributed by atoms with Gasteiger partial charge in [0.05, 0.1) is 24.5 Å². The molecule has 1 aromatic carbocycles. The third kappa shape index (κ3) is 3.63. The number of hydrogen-bond donors (Lipinski definition) is 5. The summed E-state index contributed by atoms with van der Waals surface area (Å²) in [6.45, 7) is 3.85. The Morgan fingerprint density at radius 3 is 2.52 bits per heavy atom. The Balaban J connectivity index is 1.99. The summed E-state index contributed by atoms with van der Waals surface area (Å²) >= 11 is 0. The lowest BCUT2D eigenvalue weighted by atomic mass is 10.1. The maximum absolute atomic E-state index is 12.7. The van der Waals surface area contributed by atoms with E-state index >= 15 is 0 Å². The van der Waals surface area contributed by atoms with Gasteiger partial charge in [0.2, 0.25) is 0 Å². The molecule has 0 amide bonds. The van der Waals surface area contributed by atoms with Crippen LogP contribution in [0.2, 0.25) is 0 Å². The number of nitrogens with one attached hydrogen (secondary N) is 3. The fraction of sp³-hybridized carbons (Fsp3) is 0.444. The van der Waals surface area contributed by atoms with E-state index in [0.29, 0.717) is 36.0 Å². The second-order valence-electron chi connectivity index (χ2n) is 6.50. The Kier molecular flexibility index (Phi) is 5.70. The number of aliphatic hydroxyl groups excluding tert-OH is 1. The first-order valence-electron chi connectivity index (χ1n) is 9.10. The first kappa shape index (κ1) is 18.8. The second kappa shape index (κ2) is 8.17. The smallest absolute Gasteiger partial charge is 0.292 e. The molecule has 2 aromatic rings. The lowest BCUT2D eigenvalue weighted by Crippen LogP contribution is -2.27. The normalized spacial score (nSPS) is 13.1. The van der Waals surface area contributed by atoms with E-state index in [9.17, 15) is 9.59 Å². The molecule has 0 bridgehead atoms. The van der Waals surface area contributed by atoms with Crippen LogP contribution in [0.3, 0.4) is 0 Å². The minimum Gasteiger partial charge on any atom is -0.395 e. The topological polar surface area (TPSA) is 126 Å². The number of nitrogen functional groups attached to an aromatic ring is 1. The zero-order chi connectivity index (χ0) is 19.4. The second-order valence-corrected chi connectivity index (χ2v) is 6.50. The number of fused-ring (bicyclic) bond motifs is 1.